The molecule has 0 spiro atoms. The van der Waals surface area contributed by atoms with E-state index in [0.717, 1.165) is 0 Å². The van der Waals surface area contributed by atoms with Gasteiger partial charge in [-0.2, -0.15) is 0 Å². The molecular formula is C19H17BrP. The van der Waals surface area contributed by atoms with Gasteiger partial charge in [-0.3, -0.25) is 0 Å². The molecule has 0 aliphatic heterocycles. The van der Waals surface area contributed by atoms with E-state index in [1.807, 2.05) is 0 Å². The molecule has 0 aromatic heterocycles. The molecular weight excluding hydrogens is 339 g/mol. The first-order valence-corrected chi connectivity index (χ1v) is 9.98. The van der Waals surface area contributed by atoms with Gasteiger partial charge in [-0.25, -0.2) is 0 Å². The fourth-order valence-corrected chi connectivity index (χ4v) is 8.70. The van der Waals surface area contributed by atoms with Crippen LogP contribution in [0.25, 0.3) is 0 Å². The maximum absolute atomic E-state index is 3.72. The SMILES string of the molecule is Br[CH][PH](c1ccccc1)(c1ccccc1)c1ccccc1. The van der Waals surface area contributed by atoms with Gasteiger partial charge >= 0.3 is 135 Å². The second-order valence-corrected chi connectivity index (χ2v) is 9.96. The predicted molar refractivity (Wildman–Crippen MR) is 99.8 cm³/mol. The summed E-state index contributed by atoms with van der Waals surface area (Å²) in [6.45, 7) is 0. The van der Waals surface area contributed by atoms with Crippen molar-refractivity contribution in [1.29, 1.82) is 0 Å². The van der Waals surface area contributed by atoms with E-state index in [2.05, 4.69) is 112 Å². The van der Waals surface area contributed by atoms with Crippen molar-refractivity contribution in [3.63, 3.8) is 0 Å². The quantitative estimate of drug-likeness (QED) is 0.614. The molecule has 2 heteroatoms. The number of rotatable bonds is 4. The summed E-state index contributed by atoms with van der Waals surface area (Å²) < 4.78 is 0. The average molecular weight is 356 g/mol. The monoisotopic (exact) mass is 355 g/mol. The van der Waals surface area contributed by atoms with Gasteiger partial charge in [0.05, 0.1) is 0 Å². The second kappa shape index (κ2) is 6.56. The molecule has 0 aliphatic rings. The van der Waals surface area contributed by atoms with Crippen LogP contribution in [0.2, 0.25) is 0 Å². The zero-order valence-corrected chi connectivity index (χ0v) is 14.2. The molecule has 105 valence electrons. The standard InChI is InChI=1S/C19H17BrP/c20-16-21(17-10-4-1-5-11-17,18-12-6-2-7-13-18)19-14-8-3-9-15-19/h1-16,21H. The van der Waals surface area contributed by atoms with Gasteiger partial charge in [-0.05, 0) is 0 Å². The summed E-state index contributed by atoms with van der Waals surface area (Å²) in [5.74, 6) is 0. The van der Waals surface area contributed by atoms with Crippen LogP contribution in [0.3, 0.4) is 0 Å². The number of hydrogen-bond acceptors (Lipinski definition) is 0. The third-order valence-electron chi connectivity index (χ3n) is 3.85. The number of halogens is 1. The molecule has 0 aliphatic carbocycles. The van der Waals surface area contributed by atoms with Crippen LogP contribution in [0.4, 0.5) is 0 Å². The molecule has 21 heavy (non-hydrogen) atoms. The molecule has 0 bridgehead atoms. The first kappa shape index (κ1) is 14.5. The van der Waals surface area contributed by atoms with Crippen molar-refractivity contribution in [1.82, 2.24) is 0 Å². The van der Waals surface area contributed by atoms with Gasteiger partial charge in [-0.15, -0.1) is 0 Å². The Morgan fingerprint density at radius 3 is 1.05 bits per heavy atom. The predicted octanol–water partition coefficient (Wildman–Crippen LogP) is 4.23. The van der Waals surface area contributed by atoms with Crippen LogP contribution in [0.15, 0.2) is 91.0 Å². The normalized spacial score (nSPS) is 12.0. The van der Waals surface area contributed by atoms with E-state index in [0.29, 0.717) is 0 Å². The Kier molecular flexibility index (Phi) is 4.53. The fraction of sp³-hybridized carbons (Fsp3) is 0. The number of benzene rings is 3. The molecule has 0 saturated carbocycles. The van der Waals surface area contributed by atoms with Crippen molar-refractivity contribution in [3.8, 4) is 0 Å². The Morgan fingerprint density at radius 2 is 0.810 bits per heavy atom. The van der Waals surface area contributed by atoms with Crippen molar-refractivity contribution in [2.24, 2.45) is 0 Å². The number of hydrogen-bond donors (Lipinski definition) is 0. The summed E-state index contributed by atoms with van der Waals surface area (Å²) >= 11 is 3.72. The van der Waals surface area contributed by atoms with E-state index in [-0.39, 0.29) is 0 Å². The third-order valence-corrected chi connectivity index (χ3v) is 9.97. The molecule has 0 atom stereocenters. The van der Waals surface area contributed by atoms with Crippen molar-refractivity contribution in [2.75, 3.05) is 0 Å². The van der Waals surface area contributed by atoms with Gasteiger partial charge in [0.25, 0.3) is 0 Å². The topological polar surface area (TPSA) is 0 Å². The van der Waals surface area contributed by atoms with E-state index in [1.165, 1.54) is 15.9 Å². The van der Waals surface area contributed by atoms with Crippen molar-refractivity contribution in [3.05, 3.63) is 96.1 Å². The van der Waals surface area contributed by atoms with Crippen molar-refractivity contribution >= 4 is 39.1 Å². The van der Waals surface area contributed by atoms with E-state index in [9.17, 15) is 0 Å². The van der Waals surface area contributed by atoms with Gasteiger partial charge in [0.15, 0.2) is 0 Å². The van der Waals surface area contributed by atoms with Crippen LogP contribution >= 0.6 is 23.2 Å². The first-order valence-electron chi connectivity index (χ1n) is 6.99. The molecule has 0 fully saturated rings. The van der Waals surface area contributed by atoms with Crippen molar-refractivity contribution < 1.29 is 0 Å². The molecule has 1 radical (unpaired) electrons. The molecule has 3 aromatic rings. The zero-order valence-electron chi connectivity index (χ0n) is 11.6. The molecule has 0 heterocycles. The van der Waals surface area contributed by atoms with Crippen molar-refractivity contribution in [2.45, 2.75) is 0 Å². The van der Waals surface area contributed by atoms with E-state index < -0.39 is 7.26 Å². The van der Waals surface area contributed by atoms with Crippen LogP contribution in [-0.2, 0) is 0 Å². The Bertz CT molecular complexity index is 584. The van der Waals surface area contributed by atoms with Gasteiger partial charge in [0.2, 0.25) is 0 Å². The minimum atomic E-state index is -2.11. The molecule has 0 saturated heterocycles. The van der Waals surface area contributed by atoms with Gasteiger partial charge in [0.1, 0.15) is 0 Å². The summed E-state index contributed by atoms with van der Waals surface area (Å²) in [5, 5.41) is 6.41. The van der Waals surface area contributed by atoms with Crippen LogP contribution in [0, 0.1) is 5.07 Å². The summed E-state index contributed by atoms with van der Waals surface area (Å²) in [6, 6.07) is 32.4. The van der Waals surface area contributed by atoms with Crippen LogP contribution in [-0.4, -0.2) is 0 Å². The summed E-state index contributed by atoms with van der Waals surface area (Å²) in [5.41, 5.74) is 0. The maximum atomic E-state index is 3.72. The third kappa shape index (κ3) is 2.69. The molecule has 0 N–H and O–H groups in total. The average Bonchev–Trinajstić information content (AvgIpc) is 2.59. The minimum absolute atomic E-state index is 1.39. The van der Waals surface area contributed by atoms with Crippen LogP contribution in [0.5, 0.6) is 0 Å². The molecule has 0 nitrogen and oxygen atoms in total. The molecule has 0 amide bonds. The van der Waals surface area contributed by atoms with Gasteiger partial charge in [0, 0.05) is 0 Å². The summed E-state index contributed by atoms with van der Waals surface area (Å²) in [6.07, 6.45) is 0. The summed E-state index contributed by atoms with van der Waals surface area (Å²) in [4.78, 5) is 0. The van der Waals surface area contributed by atoms with E-state index >= 15 is 0 Å². The Balaban J connectivity index is 2.29. The van der Waals surface area contributed by atoms with E-state index in [1.54, 1.807) is 0 Å². The Labute approximate surface area is 135 Å². The van der Waals surface area contributed by atoms with Gasteiger partial charge in [-0.1, -0.05) is 0 Å². The molecule has 3 aromatic carbocycles. The molecule has 0 unspecified atom stereocenters. The zero-order chi connectivity index (χ0) is 14.5. The van der Waals surface area contributed by atoms with Crippen LogP contribution in [0.1, 0.15) is 0 Å². The molecule has 3 rings (SSSR count). The van der Waals surface area contributed by atoms with E-state index in [4.69, 9.17) is 0 Å². The Morgan fingerprint density at radius 1 is 0.524 bits per heavy atom. The summed E-state index contributed by atoms with van der Waals surface area (Å²) in [7, 11) is -2.11. The van der Waals surface area contributed by atoms with Crippen LogP contribution < -0.4 is 15.9 Å². The fourth-order valence-electron chi connectivity index (χ4n) is 2.79. The van der Waals surface area contributed by atoms with Gasteiger partial charge < -0.3 is 0 Å². The second-order valence-electron chi connectivity index (χ2n) is 5.02. The Hall–Kier alpha value is -1.43. The first-order chi connectivity index (χ1) is 10.4.